The maximum atomic E-state index is 14.8. The van der Waals surface area contributed by atoms with E-state index in [0.29, 0.717) is 23.0 Å². The van der Waals surface area contributed by atoms with E-state index in [1.54, 1.807) is 12.1 Å². The fourth-order valence-electron chi connectivity index (χ4n) is 9.01. The number of rotatable bonds is 16. The smallest absolute Gasteiger partial charge is 0.159 e. The van der Waals surface area contributed by atoms with Crippen LogP contribution in [0.4, 0.5) is 17.6 Å². The van der Waals surface area contributed by atoms with Crippen LogP contribution in [-0.2, 0) is 4.74 Å². The summed E-state index contributed by atoms with van der Waals surface area (Å²) in [4.78, 5) is 0. The second-order valence-corrected chi connectivity index (χ2v) is 16.0. The van der Waals surface area contributed by atoms with Crippen LogP contribution in [0.15, 0.2) is 84.9 Å². The highest BCUT2D eigenvalue weighted by Crippen LogP contribution is 2.42. The largest absolute Gasteiger partial charge is 0.356 e. The zero-order chi connectivity index (χ0) is 37.2. The second kappa shape index (κ2) is 19.2. The summed E-state index contributed by atoms with van der Waals surface area (Å²) in [5.74, 6) is -1.15. The average molecular weight is 727 g/mol. The first-order valence-electron chi connectivity index (χ1n) is 20.6. The summed E-state index contributed by atoms with van der Waals surface area (Å²) < 4.78 is 64.8. The predicted octanol–water partition coefficient (Wildman–Crippen LogP) is 14.8. The van der Waals surface area contributed by atoms with Gasteiger partial charge in [0.2, 0.25) is 0 Å². The van der Waals surface area contributed by atoms with Crippen molar-refractivity contribution in [3.05, 3.63) is 142 Å². The molecule has 0 amide bonds. The Morgan fingerprint density at radius 3 is 1.15 bits per heavy atom. The molecule has 5 heteroatoms. The van der Waals surface area contributed by atoms with Gasteiger partial charge in [-0.15, -0.1) is 0 Å². The molecule has 53 heavy (non-hydrogen) atoms. The van der Waals surface area contributed by atoms with Gasteiger partial charge >= 0.3 is 0 Å². The van der Waals surface area contributed by atoms with Gasteiger partial charge in [0, 0.05) is 0 Å². The van der Waals surface area contributed by atoms with Crippen molar-refractivity contribution in [1.82, 2.24) is 0 Å². The summed E-state index contributed by atoms with van der Waals surface area (Å²) in [6, 6.07) is 24.4. The minimum absolute atomic E-state index is 0.448. The molecule has 0 N–H and O–H groups in total. The van der Waals surface area contributed by atoms with Gasteiger partial charge in [-0.05, 0) is 133 Å². The maximum absolute atomic E-state index is 14.8. The van der Waals surface area contributed by atoms with Crippen molar-refractivity contribution >= 4 is 0 Å². The van der Waals surface area contributed by atoms with Gasteiger partial charge < -0.3 is 4.74 Å². The van der Waals surface area contributed by atoms with Gasteiger partial charge in [-0.2, -0.15) is 0 Å². The fraction of sp³-hybridized carbons (Fsp3) is 0.500. The van der Waals surface area contributed by atoms with E-state index in [1.165, 1.54) is 126 Å². The predicted molar refractivity (Wildman–Crippen MR) is 208 cm³/mol. The number of unbranched alkanes of at least 4 members (excludes halogenated alkanes) is 4. The van der Waals surface area contributed by atoms with E-state index in [4.69, 9.17) is 4.74 Å². The molecule has 6 rings (SSSR count). The Hall–Kier alpha value is -3.44. The highest BCUT2D eigenvalue weighted by atomic mass is 19.2. The quantitative estimate of drug-likeness (QED) is 0.0825. The fourth-order valence-corrected chi connectivity index (χ4v) is 9.01. The minimum Gasteiger partial charge on any atom is -0.356 e. The normalized spacial score (nSPS) is 21.7. The lowest BCUT2D eigenvalue weighted by molar-refractivity contribution is 0.0304. The molecule has 4 aromatic rings. The molecule has 4 aromatic carbocycles. The van der Waals surface area contributed by atoms with Crippen LogP contribution < -0.4 is 0 Å². The van der Waals surface area contributed by atoms with Gasteiger partial charge in [0.1, 0.15) is 12.2 Å². The van der Waals surface area contributed by atoms with Crippen molar-refractivity contribution in [1.29, 1.82) is 0 Å². The SMILES string of the molecule is CCCCCC1CCC(c2ccc(C(OC(c3ccc(C4CCC(CCCCC)CC4)cc3)c3ccc(F)c(F)c3)c3ccc(F)c(F)c3)cc2)CC1. The molecule has 2 fully saturated rings. The topological polar surface area (TPSA) is 9.23 Å². The lowest BCUT2D eigenvalue weighted by atomic mass is 9.77. The Labute approximate surface area is 315 Å². The van der Waals surface area contributed by atoms with E-state index in [-0.39, 0.29) is 0 Å². The molecule has 0 aliphatic heterocycles. The second-order valence-electron chi connectivity index (χ2n) is 16.0. The average Bonchev–Trinajstić information content (AvgIpc) is 3.19. The lowest BCUT2D eigenvalue weighted by Crippen LogP contribution is -2.16. The van der Waals surface area contributed by atoms with Gasteiger partial charge in [0.05, 0.1) is 0 Å². The molecule has 2 aliphatic carbocycles. The van der Waals surface area contributed by atoms with E-state index in [9.17, 15) is 17.6 Å². The van der Waals surface area contributed by atoms with Crippen LogP contribution in [0.25, 0.3) is 0 Å². The van der Waals surface area contributed by atoms with Gasteiger partial charge in [0.15, 0.2) is 23.3 Å². The molecule has 2 saturated carbocycles. The van der Waals surface area contributed by atoms with Crippen molar-refractivity contribution in [3.63, 3.8) is 0 Å². The van der Waals surface area contributed by atoms with E-state index in [1.807, 2.05) is 24.3 Å². The molecule has 0 spiro atoms. The third kappa shape index (κ3) is 10.4. The molecule has 0 bridgehead atoms. The zero-order valence-electron chi connectivity index (χ0n) is 31.8. The Morgan fingerprint density at radius 1 is 0.453 bits per heavy atom. The molecular weight excluding hydrogens is 669 g/mol. The molecule has 0 saturated heterocycles. The Kier molecular flexibility index (Phi) is 14.3. The summed E-state index contributed by atoms with van der Waals surface area (Å²) in [5.41, 5.74) is 5.04. The molecule has 0 heterocycles. The first-order chi connectivity index (χ1) is 25.8. The molecule has 1 nitrogen and oxygen atoms in total. The van der Waals surface area contributed by atoms with Crippen molar-refractivity contribution in [2.24, 2.45) is 11.8 Å². The molecule has 0 aromatic heterocycles. The lowest BCUT2D eigenvalue weighted by Gasteiger charge is -2.30. The summed E-state index contributed by atoms with van der Waals surface area (Å²) in [5, 5.41) is 0. The maximum Gasteiger partial charge on any atom is 0.159 e. The Morgan fingerprint density at radius 2 is 0.811 bits per heavy atom. The molecule has 284 valence electrons. The minimum atomic E-state index is -0.961. The number of halogens is 4. The van der Waals surface area contributed by atoms with Crippen LogP contribution in [0.5, 0.6) is 0 Å². The third-order valence-electron chi connectivity index (χ3n) is 12.3. The highest BCUT2D eigenvalue weighted by Gasteiger charge is 2.28. The van der Waals surface area contributed by atoms with Gasteiger partial charge in [-0.25, -0.2) is 17.6 Å². The molecule has 2 aliphatic rings. The van der Waals surface area contributed by atoms with Gasteiger partial charge in [0.25, 0.3) is 0 Å². The molecule has 2 unspecified atom stereocenters. The van der Waals surface area contributed by atoms with E-state index in [0.717, 1.165) is 35.1 Å². The summed E-state index contributed by atoms with van der Waals surface area (Å²) in [6.45, 7) is 4.51. The monoisotopic (exact) mass is 726 g/mol. The van der Waals surface area contributed by atoms with Crippen LogP contribution >= 0.6 is 0 Å². The van der Waals surface area contributed by atoms with Crippen LogP contribution in [0, 0.1) is 35.1 Å². The summed E-state index contributed by atoms with van der Waals surface area (Å²) in [6.07, 6.45) is 18.6. The van der Waals surface area contributed by atoms with Crippen molar-refractivity contribution in [3.8, 4) is 0 Å². The zero-order valence-corrected chi connectivity index (χ0v) is 31.8. The Bertz CT molecular complexity index is 1570. The van der Waals surface area contributed by atoms with E-state index >= 15 is 0 Å². The van der Waals surface area contributed by atoms with Crippen LogP contribution in [0.2, 0.25) is 0 Å². The number of hydrogen-bond acceptors (Lipinski definition) is 1. The van der Waals surface area contributed by atoms with Crippen LogP contribution in [0.1, 0.15) is 174 Å². The van der Waals surface area contributed by atoms with Crippen LogP contribution in [-0.4, -0.2) is 0 Å². The number of benzene rings is 4. The Balaban J connectivity index is 1.25. The standard InChI is InChI=1S/C48H58F4O/c1-3-5-7-9-33-11-15-35(16-12-33)37-19-23-39(24-20-37)47(41-27-29-43(49)45(51)31-41)53-48(42-28-30-44(50)46(52)32-42)40-25-21-38(22-26-40)36-17-13-34(14-18-36)10-8-6-4-2/h19-36,47-48H,3-18H2,1-2H3. The van der Waals surface area contributed by atoms with E-state index < -0.39 is 35.5 Å². The van der Waals surface area contributed by atoms with Crippen molar-refractivity contribution < 1.29 is 22.3 Å². The highest BCUT2D eigenvalue weighted by molar-refractivity contribution is 5.37. The first kappa shape index (κ1) is 39.3. The molecular formula is C48H58F4O. The van der Waals surface area contributed by atoms with Gasteiger partial charge in [-0.3, -0.25) is 0 Å². The van der Waals surface area contributed by atoms with Gasteiger partial charge in [-0.1, -0.05) is 126 Å². The van der Waals surface area contributed by atoms with Crippen LogP contribution in [0.3, 0.4) is 0 Å². The summed E-state index contributed by atoms with van der Waals surface area (Å²) >= 11 is 0. The third-order valence-corrected chi connectivity index (χ3v) is 12.3. The summed E-state index contributed by atoms with van der Waals surface area (Å²) in [7, 11) is 0. The molecule has 0 radical (unpaired) electrons. The first-order valence-corrected chi connectivity index (χ1v) is 20.6. The number of ether oxygens (including phenoxy) is 1. The number of hydrogen-bond donors (Lipinski definition) is 0. The van der Waals surface area contributed by atoms with Crippen molar-refractivity contribution in [2.75, 3.05) is 0 Å². The van der Waals surface area contributed by atoms with E-state index in [2.05, 4.69) is 38.1 Å². The van der Waals surface area contributed by atoms with Crippen molar-refractivity contribution in [2.45, 2.75) is 141 Å². The molecule has 2 atom stereocenters.